The fraction of sp³-hybridized carbons (Fsp3) is 0.0526. The van der Waals surface area contributed by atoms with Crippen molar-refractivity contribution in [2.45, 2.75) is 6.42 Å². The maximum atomic E-state index is 2.44. The van der Waals surface area contributed by atoms with Crippen molar-refractivity contribution in [3.8, 4) is 11.1 Å². The van der Waals surface area contributed by atoms with E-state index >= 15 is 0 Å². The first-order valence-corrected chi connectivity index (χ1v) is 9.17. The molecule has 0 bridgehead atoms. The summed E-state index contributed by atoms with van der Waals surface area (Å²) in [7, 11) is 0. The molecule has 0 radical (unpaired) electrons. The molecule has 0 saturated heterocycles. The van der Waals surface area contributed by atoms with E-state index in [0.717, 1.165) is 6.42 Å². The molecule has 3 aromatic carbocycles. The van der Waals surface area contributed by atoms with Crippen LogP contribution in [-0.2, 0) is 6.42 Å². The van der Waals surface area contributed by atoms with Crippen molar-refractivity contribution in [1.29, 1.82) is 0 Å². The summed E-state index contributed by atoms with van der Waals surface area (Å²) in [4.78, 5) is 0. The van der Waals surface area contributed by atoms with Gasteiger partial charge in [-0.2, -0.15) is 0 Å². The molecule has 0 aromatic heterocycles. The van der Waals surface area contributed by atoms with E-state index in [1.165, 1.54) is 29.5 Å². The second-order valence-electron chi connectivity index (χ2n) is 5.07. The molecule has 0 saturated carbocycles. The van der Waals surface area contributed by atoms with Gasteiger partial charge < -0.3 is 0 Å². The quantitative estimate of drug-likeness (QED) is 0.477. The van der Waals surface area contributed by atoms with Gasteiger partial charge in [0.25, 0.3) is 0 Å². The van der Waals surface area contributed by atoms with Crippen molar-refractivity contribution in [2.75, 3.05) is 0 Å². The first-order valence-electron chi connectivity index (χ1n) is 6.84. The van der Waals surface area contributed by atoms with Crippen LogP contribution in [0.1, 0.15) is 11.1 Å². The molecule has 20 heavy (non-hydrogen) atoms. The van der Waals surface area contributed by atoms with Gasteiger partial charge in [0.2, 0.25) is 0 Å². The van der Waals surface area contributed by atoms with E-state index in [4.69, 9.17) is 0 Å². The van der Waals surface area contributed by atoms with E-state index in [2.05, 4.69) is 72.8 Å². The van der Waals surface area contributed by atoms with E-state index < -0.39 is 0 Å². The Morgan fingerprint density at radius 2 is 1.35 bits per heavy atom. The molecule has 4 rings (SSSR count). The van der Waals surface area contributed by atoms with Crippen LogP contribution in [-0.4, -0.2) is 20.9 Å². The Morgan fingerprint density at radius 1 is 0.600 bits per heavy atom. The third-order valence-corrected chi connectivity index (χ3v) is 6.59. The van der Waals surface area contributed by atoms with Gasteiger partial charge in [0.05, 0.1) is 0 Å². The minimum absolute atomic E-state index is 0.252. The molecular weight excluding hydrogens is 356 g/mol. The van der Waals surface area contributed by atoms with Gasteiger partial charge in [-0.25, -0.2) is 0 Å². The molecule has 0 nitrogen and oxygen atoms in total. The minimum atomic E-state index is -0.252. The molecular formula is C19H14Te. The van der Waals surface area contributed by atoms with E-state index in [1.807, 2.05) is 0 Å². The van der Waals surface area contributed by atoms with Gasteiger partial charge in [0, 0.05) is 0 Å². The molecule has 0 atom stereocenters. The summed E-state index contributed by atoms with van der Waals surface area (Å²) in [5.41, 5.74) is 5.84. The zero-order chi connectivity index (χ0) is 13.4. The van der Waals surface area contributed by atoms with E-state index in [-0.39, 0.29) is 20.9 Å². The molecule has 0 N–H and O–H groups in total. The Labute approximate surface area is 129 Å². The fourth-order valence-electron chi connectivity index (χ4n) is 2.81. The van der Waals surface area contributed by atoms with Crippen LogP contribution in [0.3, 0.4) is 0 Å². The zero-order valence-electron chi connectivity index (χ0n) is 11.0. The van der Waals surface area contributed by atoms with E-state index in [0.29, 0.717) is 0 Å². The number of rotatable bonds is 2. The molecule has 96 valence electrons. The monoisotopic (exact) mass is 372 g/mol. The second kappa shape index (κ2) is 5.09. The summed E-state index contributed by atoms with van der Waals surface area (Å²) in [6.07, 6.45) is 1.10. The topological polar surface area (TPSA) is 0 Å². The van der Waals surface area contributed by atoms with Crippen LogP contribution < -0.4 is 7.22 Å². The normalized spacial score (nSPS) is 12.0. The Bertz CT molecular complexity index is 760. The number of hydrogen-bond acceptors (Lipinski definition) is 0. The Morgan fingerprint density at radius 3 is 2.25 bits per heavy atom. The summed E-state index contributed by atoms with van der Waals surface area (Å²) in [6.45, 7) is 0. The van der Waals surface area contributed by atoms with Crippen molar-refractivity contribution in [1.82, 2.24) is 0 Å². The number of hydrogen-bond donors (Lipinski definition) is 0. The van der Waals surface area contributed by atoms with Crippen LogP contribution in [0.5, 0.6) is 0 Å². The van der Waals surface area contributed by atoms with Crippen molar-refractivity contribution in [2.24, 2.45) is 0 Å². The van der Waals surface area contributed by atoms with Gasteiger partial charge >= 0.3 is 130 Å². The SMILES string of the molecule is c1ccc([Te]c2ccc3c(c2)Cc2ccccc2-3)cc1. The van der Waals surface area contributed by atoms with Gasteiger partial charge in [-0.1, -0.05) is 0 Å². The van der Waals surface area contributed by atoms with Crippen molar-refractivity contribution in [3.05, 3.63) is 83.9 Å². The summed E-state index contributed by atoms with van der Waals surface area (Å²) in [5, 5.41) is 0. The van der Waals surface area contributed by atoms with E-state index in [9.17, 15) is 0 Å². The fourth-order valence-corrected chi connectivity index (χ4v) is 5.39. The molecule has 1 aliphatic carbocycles. The van der Waals surface area contributed by atoms with Crippen molar-refractivity contribution in [3.63, 3.8) is 0 Å². The van der Waals surface area contributed by atoms with Gasteiger partial charge in [-0.3, -0.25) is 0 Å². The Balaban J connectivity index is 1.69. The molecule has 0 unspecified atom stereocenters. The summed E-state index contributed by atoms with van der Waals surface area (Å²) >= 11 is -0.252. The van der Waals surface area contributed by atoms with Gasteiger partial charge in [-0.15, -0.1) is 0 Å². The third-order valence-electron chi connectivity index (χ3n) is 3.74. The predicted molar refractivity (Wildman–Crippen MR) is 86.1 cm³/mol. The number of benzene rings is 3. The molecule has 1 heteroatoms. The van der Waals surface area contributed by atoms with Crippen LogP contribution in [0.25, 0.3) is 11.1 Å². The molecule has 0 aliphatic heterocycles. The van der Waals surface area contributed by atoms with Crippen molar-refractivity contribution < 1.29 is 0 Å². The van der Waals surface area contributed by atoms with Crippen molar-refractivity contribution >= 4 is 28.1 Å². The Kier molecular flexibility index (Phi) is 3.11. The first kappa shape index (κ1) is 12.2. The molecule has 0 heterocycles. The van der Waals surface area contributed by atoms with Crippen LogP contribution in [0.15, 0.2) is 72.8 Å². The molecule has 3 aromatic rings. The molecule has 0 amide bonds. The standard InChI is InChI=1S/C19H14Te/c1-2-7-16(8-3-1)20-17-10-11-19-15(13-17)12-14-6-4-5-9-18(14)19/h1-11,13H,12H2. The average Bonchev–Trinajstić information content (AvgIpc) is 2.86. The van der Waals surface area contributed by atoms with Gasteiger partial charge in [0.1, 0.15) is 0 Å². The number of fused-ring (bicyclic) bond motifs is 3. The second-order valence-corrected chi connectivity index (χ2v) is 8.34. The first-order chi connectivity index (χ1) is 9.90. The summed E-state index contributed by atoms with van der Waals surface area (Å²) in [5.74, 6) is 0. The molecule has 1 aliphatic rings. The average molecular weight is 370 g/mol. The zero-order valence-corrected chi connectivity index (χ0v) is 13.4. The van der Waals surface area contributed by atoms with Crippen LogP contribution in [0, 0.1) is 0 Å². The summed E-state index contributed by atoms with van der Waals surface area (Å²) < 4.78 is 3.04. The Hall–Kier alpha value is -1.55. The van der Waals surface area contributed by atoms with Gasteiger partial charge in [0.15, 0.2) is 0 Å². The third kappa shape index (κ3) is 2.18. The summed E-state index contributed by atoms with van der Waals surface area (Å²) in [6, 6.07) is 26.8. The van der Waals surface area contributed by atoms with Crippen LogP contribution in [0.4, 0.5) is 0 Å². The molecule has 0 fully saturated rings. The van der Waals surface area contributed by atoms with Gasteiger partial charge in [-0.05, 0) is 0 Å². The van der Waals surface area contributed by atoms with Crippen LogP contribution >= 0.6 is 0 Å². The predicted octanol–water partition coefficient (Wildman–Crippen LogP) is 2.91. The molecule has 0 spiro atoms. The maximum absolute atomic E-state index is 2.44. The van der Waals surface area contributed by atoms with E-state index in [1.54, 1.807) is 0 Å². The van der Waals surface area contributed by atoms with Crippen LogP contribution in [0.2, 0.25) is 0 Å².